The van der Waals surface area contributed by atoms with E-state index in [0.717, 1.165) is 4.70 Å². The van der Waals surface area contributed by atoms with Crippen LogP contribution in [0.2, 0.25) is 0 Å². The average molecular weight is 374 g/mol. The Morgan fingerprint density at radius 3 is 2.85 bits per heavy atom. The number of hydrogen-bond donors (Lipinski definition) is 0. The molecule has 9 heteroatoms. The van der Waals surface area contributed by atoms with Gasteiger partial charge in [-0.15, -0.1) is 5.11 Å². The Bertz CT molecular complexity index is 902. The molecule has 2 aliphatic heterocycles. The molecule has 2 aliphatic rings. The Hall–Kier alpha value is -2.68. The van der Waals surface area contributed by atoms with Crippen LogP contribution in [0.15, 0.2) is 40.6 Å². The van der Waals surface area contributed by atoms with Crippen LogP contribution in [0.4, 0.5) is 4.39 Å². The largest absolute Gasteiger partial charge is 0.467 e. The molecule has 0 bridgehead atoms. The second kappa shape index (κ2) is 6.91. The fourth-order valence-corrected chi connectivity index (χ4v) is 3.85. The maximum atomic E-state index is 13.3. The predicted octanol–water partition coefficient (Wildman–Crippen LogP) is 2.72. The molecule has 1 unspecified atom stereocenters. The standard InChI is InChI=1S/C17H15FN4O3S/c18-10-1-2-12-14(9-10)26-17(19-12)25-11-5-7-22(8-6-11)16(24)13-3-4-15(23)21-20-13/h1-4,9,11,13H,5-8H2. The molecule has 4 rings (SSSR count). The summed E-state index contributed by atoms with van der Waals surface area (Å²) in [6.07, 6.45) is 4.03. The molecule has 2 aromatic rings. The number of halogens is 1. The van der Waals surface area contributed by atoms with E-state index in [2.05, 4.69) is 15.2 Å². The lowest BCUT2D eigenvalue weighted by atomic mass is 10.1. The number of ether oxygens (including phenoxy) is 1. The Labute approximate surface area is 152 Å². The van der Waals surface area contributed by atoms with Crippen molar-refractivity contribution in [3.8, 4) is 5.19 Å². The smallest absolute Gasteiger partial charge is 0.287 e. The molecule has 0 radical (unpaired) electrons. The molecular formula is C17H15FN4O3S. The minimum absolute atomic E-state index is 0.0467. The molecule has 0 saturated carbocycles. The van der Waals surface area contributed by atoms with Gasteiger partial charge in [-0.3, -0.25) is 9.59 Å². The summed E-state index contributed by atoms with van der Waals surface area (Å²) >= 11 is 1.31. The maximum Gasteiger partial charge on any atom is 0.287 e. The molecule has 1 saturated heterocycles. The molecule has 1 fully saturated rings. The summed E-state index contributed by atoms with van der Waals surface area (Å²) < 4.78 is 19.9. The van der Waals surface area contributed by atoms with E-state index in [1.165, 1.54) is 35.6 Å². The molecule has 2 amide bonds. The fourth-order valence-electron chi connectivity index (χ4n) is 2.95. The van der Waals surface area contributed by atoms with Gasteiger partial charge < -0.3 is 9.64 Å². The second-order valence-electron chi connectivity index (χ2n) is 6.09. The molecule has 3 heterocycles. The maximum absolute atomic E-state index is 13.3. The zero-order chi connectivity index (χ0) is 18.1. The highest BCUT2D eigenvalue weighted by atomic mass is 32.1. The van der Waals surface area contributed by atoms with Gasteiger partial charge in [-0.05, 0) is 24.3 Å². The summed E-state index contributed by atoms with van der Waals surface area (Å²) in [6.45, 7) is 1.08. The summed E-state index contributed by atoms with van der Waals surface area (Å²) in [4.78, 5) is 29.5. The van der Waals surface area contributed by atoms with Crippen molar-refractivity contribution in [2.45, 2.75) is 25.0 Å². The summed E-state index contributed by atoms with van der Waals surface area (Å²) in [5.41, 5.74) is 0.711. The van der Waals surface area contributed by atoms with E-state index < -0.39 is 11.9 Å². The fraction of sp³-hybridized carbons (Fsp3) is 0.353. The monoisotopic (exact) mass is 374 g/mol. The van der Waals surface area contributed by atoms with Gasteiger partial charge in [0, 0.05) is 32.0 Å². The topological polar surface area (TPSA) is 84.2 Å². The van der Waals surface area contributed by atoms with Gasteiger partial charge in [0.05, 0.1) is 10.2 Å². The van der Waals surface area contributed by atoms with Crippen LogP contribution in [-0.2, 0) is 9.59 Å². The van der Waals surface area contributed by atoms with Crippen molar-refractivity contribution < 1.29 is 18.7 Å². The van der Waals surface area contributed by atoms with Crippen molar-refractivity contribution >= 4 is 33.4 Å². The third kappa shape index (κ3) is 3.48. The number of likely N-dealkylation sites (tertiary alicyclic amines) is 1. The normalized spacial score (nSPS) is 20.7. The Kier molecular flexibility index (Phi) is 4.46. The SMILES string of the molecule is O=C1C=CC(C(=O)N2CCC(Oc3nc4ccc(F)cc4s3)CC2)N=N1. The lowest BCUT2D eigenvalue weighted by Gasteiger charge is -2.32. The number of amides is 2. The zero-order valence-electron chi connectivity index (χ0n) is 13.7. The number of hydrogen-bond acceptors (Lipinski definition) is 6. The van der Waals surface area contributed by atoms with Crippen molar-refractivity contribution in [2.75, 3.05) is 13.1 Å². The molecule has 0 spiro atoms. The van der Waals surface area contributed by atoms with E-state index in [9.17, 15) is 14.0 Å². The number of benzene rings is 1. The van der Waals surface area contributed by atoms with Crippen molar-refractivity contribution in [1.29, 1.82) is 0 Å². The molecular weight excluding hydrogens is 359 g/mol. The second-order valence-corrected chi connectivity index (χ2v) is 7.09. The highest BCUT2D eigenvalue weighted by molar-refractivity contribution is 7.20. The van der Waals surface area contributed by atoms with E-state index in [0.29, 0.717) is 36.6 Å². The molecule has 1 atom stereocenters. The number of nitrogens with zero attached hydrogens (tertiary/aromatic N) is 4. The Morgan fingerprint density at radius 1 is 1.31 bits per heavy atom. The van der Waals surface area contributed by atoms with Crippen LogP contribution in [0, 0.1) is 5.82 Å². The van der Waals surface area contributed by atoms with Gasteiger partial charge in [0.15, 0.2) is 6.04 Å². The average Bonchev–Trinajstić information content (AvgIpc) is 3.03. The van der Waals surface area contributed by atoms with Gasteiger partial charge in [-0.25, -0.2) is 9.37 Å². The summed E-state index contributed by atoms with van der Waals surface area (Å²) in [6, 6.07) is 3.73. The van der Waals surface area contributed by atoms with Gasteiger partial charge in [-0.1, -0.05) is 11.3 Å². The summed E-state index contributed by atoms with van der Waals surface area (Å²) in [5, 5.41) is 7.66. The zero-order valence-corrected chi connectivity index (χ0v) is 14.5. The molecule has 0 N–H and O–H groups in total. The number of thiazole rings is 1. The van der Waals surface area contributed by atoms with Crippen LogP contribution in [0.1, 0.15) is 12.8 Å². The lowest BCUT2D eigenvalue weighted by Crippen LogP contribution is -2.45. The van der Waals surface area contributed by atoms with Crippen molar-refractivity contribution in [3.63, 3.8) is 0 Å². The first-order valence-corrected chi connectivity index (χ1v) is 9.05. The third-order valence-electron chi connectivity index (χ3n) is 4.31. The van der Waals surface area contributed by atoms with Crippen LogP contribution in [0.5, 0.6) is 5.19 Å². The first-order chi connectivity index (χ1) is 12.6. The number of azo groups is 1. The number of carbonyl (C=O) groups excluding carboxylic acids is 2. The van der Waals surface area contributed by atoms with Crippen molar-refractivity contribution in [2.24, 2.45) is 10.2 Å². The van der Waals surface area contributed by atoms with Crippen LogP contribution in [-0.4, -0.2) is 46.9 Å². The molecule has 26 heavy (non-hydrogen) atoms. The molecule has 0 aliphatic carbocycles. The molecule has 1 aromatic carbocycles. The van der Waals surface area contributed by atoms with Crippen LogP contribution >= 0.6 is 11.3 Å². The first-order valence-electron chi connectivity index (χ1n) is 8.23. The predicted molar refractivity (Wildman–Crippen MR) is 92.6 cm³/mol. The Balaban J connectivity index is 1.34. The number of aromatic nitrogens is 1. The first kappa shape index (κ1) is 16.8. The minimum Gasteiger partial charge on any atom is -0.467 e. The van der Waals surface area contributed by atoms with Gasteiger partial charge >= 0.3 is 0 Å². The van der Waals surface area contributed by atoms with E-state index in [-0.39, 0.29) is 17.8 Å². The minimum atomic E-state index is -0.718. The van der Waals surface area contributed by atoms with Gasteiger partial charge in [-0.2, -0.15) is 5.11 Å². The van der Waals surface area contributed by atoms with Gasteiger partial charge in [0.1, 0.15) is 11.9 Å². The van der Waals surface area contributed by atoms with Crippen molar-refractivity contribution in [1.82, 2.24) is 9.88 Å². The van der Waals surface area contributed by atoms with E-state index in [4.69, 9.17) is 4.74 Å². The quantitative estimate of drug-likeness (QED) is 0.827. The highest BCUT2D eigenvalue weighted by Crippen LogP contribution is 2.30. The van der Waals surface area contributed by atoms with Crippen LogP contribution < -0.4 is 4.74 Å². The van der Waals surface area contributed by atoms with Crippen LogP contribution in [0.25, 0.3) is 10.2 Å². The molecule has 7 nitrogen and oxygen atoms in total. The van der Waals surface area contributed by atoms with Gasteiger partial charge in [0.25, 0.3) is 17.0 Å². The van der Waals surface area contributed by atoms with E-state index >= 15 is 0 Å². The van der Waals surface area contributed by atoms with Crippen LogP contribution in [0.3, 0.4) is 0 Å². The third-order valence-corrected chi connectivity index (χ3v) is 5.22. The van der Waals surface area contributed by atoms with Crippen molar-refractivity contribution in [3.05, 3.63) is 36.2 Å². The molecule has 1 aromatic heterocycles. The van der Waals surface area contributed by atoms with Gasteiger partial charge in [0.2, 0.25) is 0 Å². The Morgan fingerprint density at radius 2 is 2.12 bits per heavy atom. The summed E-state index contributed by atoms with van der Waals surface area (Å²) in [7, 11) is 0. The number of piperidine rings is 1. The number of carbonyl (C=O) groups is 2. The summed E-state index contributed by atoms with van der Waals surface area (Å²) in [5.74, 6) is -0.904. The highest BCUT2D eigenvalue weighted by Gasteiger charge is 2.29. The molecule has 134 valence electrons. The van der Waals surface area contributed by atoms with E-state index in [1.807, 2.05) is 0 Å². The number of rotatable bonds is 3. The number of fused-ring (bicyclic) bond motifs is 1. The lowest BCUT2D eigenvalue weighted by molar-refractivity contribution is -0.133. The van der Waals surface area contributed by atoms with E-state index in [1.54, 1.807) is 11.0 Å².